The van der Waals surface area contributed by atoms with Gasteiger partial charge in [0.15, 0.2) is 0 Å². The summed E-state index contributed by atoms with van der Waals surface area (Å²) in [6.07, 6.45) is 2.64. The van der Waals surface area contributed by atoms with E-state index in [-0.39, 0.29) is 12.1 Å². The minimum atomic E-state index is 0.123. The maximum atomic E-state index is 5.88. The summed E-state index contributed by atoms with van der Waals surface area (Å²) in [6, 6.07) is 0.709. The molecule has 3 atom stereocenters. The molecule has 4 nitrogen and oxygen atoms in total. The van der Waals surface area contributed by atoms with Gasteiger partial charge in [0.2, 0.25) is 0 Å². The molecule has 4 heteroatoms. The molecule has 0 aromatic carbocycles. The van der Waals surface area contributed by atoms with Crippen molar-refractivity contribution in [2.75, 3.05) is 32.9 Å². The van der Waals surface area contributed by atoms with Crippen LogP contribution in [0.25, 0.3) is 0 Å². The Morgan fingerprint density at radius 1 is 1.40 bits per heavy atom. The topological polar surface area (TPSA) is 47.7 Å². The van der Waals surface area contributed by atoms with Gasteiger partial charge in [0.1, 0.15) is 0 Å². The van der Waals surface area contributed by atoms with E-state index in [1.165, 1.54) is 12.8 Å². The van der Waals surface area contributed by atoms with Crippen LogP contribution in [-0.2, 0) is 9.47 Å². The average molecular weight is 214 g/mol. The van der Waals surface area contributed by atoms with Gasteiger partial charge in [-0.1, -0.05) is 0 Å². The van der Waals surface area contributed by atoms with Crippen molar-refractivity contribution < 1.29 is 9.47 Å². The minimum Gasteiger partial charge on any atom is -0.380 e. The van der Waals surface area contributed by atoms with Crippen LogP contribution in [0, 0.1) is 0 Å². The molecule has 2 saturated heterocycles. The van der Waals surface area contributed by atoms with Crippen LogP contribution in [0.2, 0.25) is 0 Å². The molecule has 2 fully saturated rings. The van der Waals surface area contributed by atoms with Crippen molar-refractivity contribution in [3.8, 4) is 0 Å². The van der Waals surface area contributed by atoms with Gasteiger partial charge in [-0.15, -0.1) is 0 Å². The van der Waals surface area contributed by atoms with Crippen LogP contribution in [-0.4, -0.2) is 56.0 Å². The quantitative estimate of drug-likeness (QED) is 0.714. The highest BCUT2D eigenvalue weighted by molar-refractivity contribution is 4.83. The van der Waals surface area contributed by atoms with E-state index in [9.17, 15) is 0 Å². The van der Waals surface area contributed by atoms with Crippen LogP contribution < -0.4 is 5.73 Å². The summed E-state index contributed by atoms with van der Waals surface area (Å²) in [5, 5.41) is 0. The van der Waals surface area contributed by atoms with Crippen molar-refractivity contribution >= 4 is 0 Å². The molecule has 0 aromatic heterocycles. The number of nitrogens with zero attached hydrogens (tertiary/aromatic N) is 1. The van der Waals surface area contributed by atoms with Crippen molar-refractivity contribution in [2.45, 2.75) is 38.0 Å². The van der Waals surface area contributed by atoms with E-state index < -0.39 is 0 Å². The molecule has 0 aliphatic carbocycles. The Labute approximate surface area is 91.7 Å². The fraction of sp³-hybridized carbons (Fsp3) is 1.00. The van der Waals surface area contributed by atoms with Gasteiger partial charge >= 0.3 is 0 Å². The first-order chi connectivity index (χ1) is 7.27. The smallest absolute Gasteiger partial charge is 0.0850 e. The predicted octanol–water partition coefficient (Wildman–Crippen LogP) is 0.213. The maximum absolute atomic E-state index is 5.88. The van der Waals surface area contributed by atoms with E-state index >= 15 is 0 Å². The van der Waals surface area contributed by atoms with Crippen LogP contribution in [0.5, 0.6) is 0 Å². The van der Waals surface area contributed by atoms with Crippen molar-refractivity contribution in [3.63, 3.8) is 0 Å². The third-order valence-electron chi connectivity index (χ3n) is 3.36. The van der Waals surface area contributed by atoms with E-state index in [2.05, 4.69) is 4.90 Å². The van der Waals surface area contributed by atoms with E-state index in [0.29, 0.717) is 6.04 Å². The van der Waals surface area contributed by atoms with Gasteiger partial charge in [-0.25, -0.2) is 0 Å². The van der Waals surface area contributed by atoms with E-state index in [1.54, 1.807) is 0 Å². The summed E-state index contributed by atoms with van der Waals surface area (Å²) in [7, 11) is 0. The van der Waals surface area contributed by atoms with E-state index in [0.717, 1.165) is 32.9 Å². The molecule has 15 heavy (non-hydrogen) atoms. The zero-order valence-electron chi connectivity index (χ0n) is 9.52. The summed E-state index contributed by atoms with van der Waals surface area (Å²) in [4.78, 5) is 2.48. The first kappa shape index (κ1) is 11.3. The molecule has 3 unspecified atom stereocenters. The van der Waals surface area contributed by atoms with Crippen LogP contribution >= 0.6 is 0 Å². The standard InChI is InChI=1S/C11H22N2O2/c1-9(12)11-7-13(4-6-15-11)10-3-2-5-14-8-10/h9-11H,2-8,12H2,1H3. The second-order valence-corrected chi connectivity index (χ2v) is 4.63. The van der Waals surface area contributed by atoms with Gasteiger partial charge < -0.3 is 15.2 Å². The molecular formula is C11H22N2O2. The molecule has 2 N–H and O–H groups in total. The molecule has 88 valence electrons. The Morgan fingerprint density at radius 2 is 2.27 bits per heavy atom. The molecule has 0 aromatic rings. The summed E-state index contributed by atoms with van der Waals surface area (Å²) < 4.78 is 11.2. The molecule has 0 saturated carbocycles. The Morgan fingerprint density at radius 3 is 2.93 bits per heavy atom. The Kier molecular flexibility index (Phi) is 3.97. The average Bonchev–Trinajstić information content (AvgIpc) is 2.30. The molecule has 2 rings (SSSR count). The minimum absolute atomic E-state index is 0.123. The lowest BCUT2D eigenvalue weighted by Crippen LogP contribution is -2.54. The maximum Gasteiger partial charge on any atom is 0.0850 e. The normalized spacial score (nSPS) is 36.4. The second kappa shape index (κ2) is 5.25. The largest absolute Gasteiger partial charge is 0.380 e. The summed E-state index contributed by atoms with van der Waals surface area (Å²) >= 11 is 0. The molecule has 0 amide bonds. The zero-order chi connectivity index (χ0) is 10.7. The van der Waals surface area contributed by atoms with Gasteiger partial charge in [0, 0.05) is 31.8 Å². The molecule has 2 aliphatic heterocycles. The summed E-state index contributed by atoms with van der Waals surface area (Å²) in [6.45, 7) is 6.63. The van der Waals surface area contributed by atoms with Crippen LogP contribution in [0.3, 0.4) is 0 Å². The Balaban J connectivity index is 1.85. The third kappa shape index (κ3) is 2.91. The lowest BCUT2D eigenvalue weighted by atomic mass is 10.1. The SMILES string of the molecule is CC(N)C1CN(C2CCCOC2)CCO1. The van der Waals surface area contributed by atoms with Gasteiger partial charge in [-0.3, -0.25) is 4.90 Å². The highest BCUT2D eigenvalue weighted by Crippen LogP contribution is 2.17. The third-order valence-corrected chi connectivity index (χ3v) is 3.36. The fourth-order valence-corrected chi connectivity index (χ4v) is 2.36. The van der Waals surface area contributed by atoms with Gasteiger partial charge in [-0.05, 0) is 19.8 Å². The van der Waals surface area contributed by atoms with Crippen LogP contribution in [0.1, 0.15) is 19.8 Å². The highest BCUT2D eigenvalue weighted by atomic mass is 16.5. The first-order valence-electron chi connectivity index (χ1n) is 5.96. The van der Waals surface area contributed by atoms with Crippen molar-refractivity contribution in [2.24, 2.45) is 5.73 Å². The number of hydrogen-bond donors (Lipinski definition) is 1. The number of morpholine rings is 1. The van der Waals surface area contributed by atoms with Gasteiger partial charge in [-0.2, -0.15) is 0 Å². The van der Waals surface area contributed by atoms with Crippen LogP contribution in [0.4, 0.5) is 0 Å². The molecule has 0 radical (unpaired) electrons. The Hall–Kier alpha value is -0.160. The molecule has 0 spiro atoms. The lowest BCUT2D eigenvalue weighted by Gasteiger charge is -2.40. The van der Waals surface area contributed by atoms with Crippen molar-refractivity contribution in [3.05, 3.63) is 0 Å². The van der Waals surface area contributed by atoms with Crippen molar-refractivity contribution in [1.29, 1.82) is 0 Å². The van der Waals surface area contributed by atoms with E-state index in [1.807, 2.05) is 6.92 Å². The van der Waals surface area contributed by atoms with Crippen molar-refractivity contribution in [1.82, 2.24) is 4.90 Å². The van der Waals surface area contributed by atoms with Gasteiger partial charge in [0.05, 0.1) is 19.3 Å². The van der Waals surface area contributed by atoms with Gasteiger partial charge in [0.25, 0.3) is 0 Å². The second-order valence-electron chi connectivity index (χ2n) is 4.63. The molecule has 2 heterocycles. The van der Waals surface area contributed by atoms with E-state index in [4.69, 9.17) is 15.2 Å². The fourth-order valence-electron chi connectivity index (χ4n) is 2.36. The Bertz CT molecular complexity index is 193. The molecule has 2 aliphatic rings. The molecule has 0 bridgehead atoms. The number of rotatable bonds is 2. The number of nitrogens with two attached hydrogens (primary N) is 1. The monoisotopic (exact) mass is 214 g/mol. The number of ether oxygens (including phenoxy) is 2. The zero-order valence-corrected chi connectivity index (χ0v) is 9.52. The molecular weight excluding hydrogens is 192 g/mol. The predicted molar refractivity (Wildman–Crippen MR) is 58.8 cm³/mol. The van der Waals surface area contributed by atoms with Crippen LogP contribution in [0.15, 0.2) is 0 Å². The lowest BCUT2D eigenvalue weighted by molar-refractivity contribution is -0.0746. The number of hydrogen-bond acceptors (Lipinski definition) is 4. The first-order valence-corrected chi connectivity index (χ1v) is 5.96. The summed E-state index contributed by atoms with van der Waals surface area (Å²) in [5.41, 5.74) is 5.88. The summed E-state index contributed by atoms with van der Waals surface area (Å²) in [5.74, 6) is 0. The highest BCUT2D eigenvalue weighted by Gasteiger charge is 2.29.